The lowest BCUT2D eigenvalue weighted by Crippen LogP contribution is -2.29. The van der Waals surface area contributed by atoms with E-state index in [4.69, 9.17) is 4.42 Å². The van der Waals surface area contributed by atoms with E-state index in [-0.39, 0.29) is 5.56 Å². The molecular weight excluding hydrogens is 330 g/mol. The van der Waals surface area contributed by atoms with Gasteiger partial charge in [0.05, 0.1) is 0 Å². The maximum atomic E-state index is 12.3. The molecule has 0 aliphatic heterocycles. The first-order valence-corrected chi connectivity index (χ1v) is 8.43. The van der Waals surface area contributed by atoms with Gasteiger partial charge in [0, 0.05) is 36.3 Å². The molecule has 6 nitrogen and oxygen atoms in total. The summed E-state index contributed by atoms with van der Waals surface area (Å²) in [6.45, 7) is 1.19. The number of pyridine rings is 1. The summed E-state index contributed by atoms with van der Waals surface area (Å²) in [6, 6.07) is 14.6. The van der Waals surface area contributed by atoms with E-state index >= 15 is 0 Å². The summed E-state index contributed by atoms with van der Waals surface area (Å²) < 4.78 is 7.25. The van der Waals surface area contributed by atoms with Crippen LogP contribution >= 0.6 is 0 Å². The normalized spacial score (nSPS) is 11.1. The Labute approximate surface area is 149 Å². The number of aromatic nitrogens is 2. The van der Waals surface area contributed by atoms with Crippen molar-refractivity contribution in [3.63, 3.8) is 0 Å². The highest BCUT2D eigenvalue weighted by Crippen LogP contribution is 2.13. The van der Waals surface area contributed by atoms with Crippen LogP contribution < -0.4 is 10.9 Å². The number of rotatable bonds is 5. The van der Waals surface area contributed by atoms with Crippen LogP contribution in [-0.4, -0.2) is 22.0 Å². The Morgan fingerprint density at radius 1 is 1.12 bits per heavy atom. The van der Waals surface area contributed by atoms with Crippen LogP contribution in [0.3, 0.4) is 0 Å². The molecule has 1 amide bonds. The van der Waals surface area contributed by atoms with Crippen molar-refractivity contribution in [1.29, 1.82) is 0 Å². The second kappa shape index (κ2) is 6.84. The predicted molar refractivity (Wildman–Crippen MR) is 99.2 cm³/mol. The van der Waals surface area contributed by atoms with Gasteiger partial charge in [0.2, 0.25) is 0 Å². The van der Waals surface area contributed by atoms with Crippen molar-refractivity contribution in [3.05, 3.63) is 76.9 Å². The second-order valence-corrected chi connectivity index (χ2v) is 6.02. The van der Waals surface area contributed by atoms with E-state index in [0.29, 0.717) is 12.1 Å². The number of amides is 1. The summed E-state index contributed by atoms with van der Waals surface area (Å²) >= 11 is 0. The van der Waals surface area contributed by atoms with E-state index in [1.54, 1.807) is 30.5 Å². The molecule has 0 spiro atoms. The van der Waals surface area contributed by atoms with Gasteiger partial charge in [0.1, 0.15) is 16.8 Å². The van der Waals surface area contributed by atoms with Gasteiger partial charge in [-0.1, -0.05) is 18.2 Å². The van der Waals surface area contributed by atoms with Gasteiger partial charge in [-0.3, -0.25) is 4.79 Å². The van der Waals surface area contributed by atoms with E-state index in [1.807, 2.05) is 35.0 Å². The summed E-state index contributed by atoms with van der Waals surface area (Å²) in [4.78, 5) is 28.7. The molecule has 3 heterocycles. The molecule has 0 saturated carbocycles. The number of carbonyl (C=O) groups is 1. The smallest absolute Gasteiger partial charge is 0.349 e. The van der Waals surface area contributed by atoms with Gasteiger partial charge in [0.15, 0.2) is 0 Å². The average molecular weight is 347 g/mol. The molecule has 130 valence electrons. The van der Waals surface area contributed by atoms with Gasteiger partial charge < -0.3 is 14.3 Å². The Hall–Kier alpha value is -3.41. The number of nitrogens with one attached hydrogen (secondary N) is 1. The molecule has 0 unspecified atom stereocenters. The van der Waals surface area contributed by atoms with Crippen molar-refractivity contribution >= 4 is 27.9 Å². The molecule has 4 aromatic rings. The maximum absolute atomic E-state index is 12.3. The molecule has 26 heavy (non-hydrogen) atoms. The first kappa shape index (κ1) is 16.1. The van der Waals surface area contributed by atoms with Gasteiger partial charge in [-0.25, -0.2) is 9.78 Å². The van der Waals surface area contributed by atoms with E-state index in [1.165, 1.54) is 0 Å². The number of fused-ring (bicyclic) bond motifs is 2. The highest BCUT2D eigenvalue weighted by Gasteiger charge is 2.13. The first-order chi connectivity index (χ1) is 12.7. The summed E-state index contributed by atoms with van der Waals surface area (Å²) in [5.41, 5.74) is 0.800. The minimum Gasteiger partial charge on any atom is -0.422 e. The fourth-order valence-electron chi connectivity index (χ4n) is 2.97. The maximum Gasteiger partial charge on any atom is 0.349 e. The minimum atomic E-state index is -0.623. The zero-order chi connectivity index (χ0) is 17.9. The third kappa shape index (κ3) is 3.09. The van der Waals surface area contributed by atoms with Crippen LogP contribution in [0.2, 0.25) is 0 Å². The summed E-state index contributed by atoms with van der Waals surface area (Å²) in [7, 11) is 0. The predicted octanol–water partition coefficient (Wildman–Crippen LogP) is 2.96. The Bertz CT molecular complexity index is 1140. The second-order valence-electron chi connectivity index (χ2n) is 6.02. The minimum absolute atomic E-state index is 0.0248. The molecule has 6 heteroatoms. The Kier molecular flexibility index (Phi) is 4.23. The van der Waals surface area contributed by atoms with Gasteiger partial charge in [-0.2, -0.15) is 0 Å². The number of aryl methyl sites for hydroxylation is 1. The van der Waals surface area contributed by atoms with Crippen molar-refractivity contribution in [3.8, 4) is 0 Å². The molecule has 0 radical (unpaired) electrons. The molecule has 0 aliphatic rings. The fourth-order valence-corrected chi connectivity index (χ4v) is 2.97. The van der Waals surface area contributed by atoms with Crippen molar-refractivity contribution in [2.45, 2.75) is 13.0 Å². The molecule has 0 fully saturated rings. The van der Waals surface area contributed by atoms with E-state index < -0.39 is 11.5 Å². The summed E-state index contributed by atoms with van der Waals surface area (Å²) in [5.74, 6) is -0.417. The molecule has 0 saturated heterocycles. The third-order valence-corrected chi connectivity index (χ3v) is 4.27. The molecule has 3 aromatic heterocycles. The van der Waals surface area contributed by atoms with E-state index in [2.05, 4.69) is 10.3 Å². The number of para-hydroxylation sites is 1. The van der Waals surface area contributed by atoms with Crippen LogP contribution in [0.1, 0.15) is 16.8 Å². The fraction of sp³-hybridized carbons (Fsp3) is 0.150. The van der Waals surface area contributed by atoms with Gasteiger partial charge in [0.25, 0.3) is 5.91 Å². The lowest BCUT2D eigenvalue weighted by atomic mass is 10.2. The van der Waals surface area contributed by atoms with Gasteiger partial charge in [-0.05, 0) is 36.8 Å². The van der Waals surface area contributed by atoms with E-state index in [9.17, 15) is 9.59 Å². The Balaban J connectivity index is 1.40. The number of carbonyl (C=O) groups excluding carboxylic acids is 1. The molecule has 1 aromatic carbocycles. The van der Waals surface area contributed by atoms with Crippen molar-refractivity contribution in [2.24, 2.45) is 0 Å². The number of benzene rings is 1. The third-order valence-electron chi connectivity index (χ3n) is 4.27. The molecular formula is C20H17N3O3. The molecule has 0 aliphatic carbocycles. The quantitative estimate of drug-likeness (QED) is 0.445. The van der Waals surface area contributed by atoms with Crippen molar-refractivity contribution in [2.75, 3.05) is 6.54 Å². The van der Waals surface area contributed by atoms with Crippen LogP contribution in [0.25, 0.3) is 22.0 Å². The lowest BCUT2D eigenvalue weighted by molar-refractivity contribution is 0.0949. The monoisotopic (exact) mass is 347 g/mol. The zero-order valence-corrected chi connectivity index (χ0v) is 14.0. The summed E-state index contributed by atoms with van der Waals surface area (Å²) in [6.07, 6.45) is 4.47. The first-order valence-electron chi connectivity index (χ1n) is 8.43. The van der Waals surface area contributed by atoms with Gasteiger partial charge in [-0.15, -0.1) is 0 Å². The molecule has 0 atom stereocenters. The number of hydrogen-bond acceptors (Lipinski definition) is 4. The van der Waals surface area contributed by atoms with Crippen LogP contribution in [0.5, 0.6) is 0 Å². The van der Waals surface area contributed by atoms with Crippen molar-refractivity contribution in [1.82, 2.24) is 14.9 Å². The standard InChI is InChI=1S/C20H17N3O3/c24-19(16-13-15-5-1-2-7-17(15)26-20(16)25)22-10-4-11-23-12-8-14-6-3-9-21-18(14)23/h1-3,5-9,12-13H,4,10-11H2,(H,22,24). The number of hydrogen-bond donors (Lipinski definition) is 1. The zero-order valence-electron chi connectivity index (χ0n) is 14.0. The Morgan fingerprint density at radius 2 is 1.96 bits per heavy atom. The molecule has 1 N–H and O–H groups in total. The van der Waals surface area contributed by atoms with Crippen LogP contribution in [0.4, 0.5) is 0 Å². The topological polar surface area (TPSA) is 77.1 Å². The van der Waals surface area contributed by atoms with Crippen LogP contribution in [0, 0.1) is 0 Å². The van der Waals surface area contributed by atoms with E-state index in [0.717, 1.165) is 29.4 Å². The number of nitrogens with zero attached hydrogens (tertiary/aromatic N) is 2. The molecule has 0 bridgehead atoms. The SMILES string of the molecule is O=C(NCCCn1ccc2cccnc21)c1cc2ccccc2oc1=O. The van der Waals surface area contributed by atoms with Crippen LogP contribution in [0.15, 0.2) is 70.1 Å². The molecule has 4 rings (SSSR count). The van der Waals surface area contributed by atoms with Crippen LogP contribution in [-0.2, 0) is 6.54 Å². The highest BCUT2D eigenvalue weighted by atomic mass is 16.4. The Morgan fingerprint density at radius 3 is 2.88 bits per heavy atom. The summed E-state index contributed by atoms with van der Waals surface area (Å²) in [5, 5.41) is 4.59. The lowest BCUT2D eigenvalue weighted by Gasteiger charge is -2.07. The highest BCUT2D eigenvalue weighted by molar-refractivity contribution is 5.96. The van der Waals surface area contributed by atoms with Gasteiger partial charge >= 0.3 is 5.63 Å². The average Bonchev–Trinajstić information content (AvgIpc) is 3.07. The largest absolute Gasteiger partial charge is 0.422 e. The van der Waals surface area contributed by atoms with Crippen molar-refractivity contribution < 1.29 is 9.21 Å².